The maximum atomic E-state index is 13.1. The summed E-state index contributed by atoms with van der Waals surface area (Å²) in [6.07, 6.45) is 0. The maximum Gasteiger partial charge on any atom is 0.328 e. The Morgan fingerprint density at radius 3 is 1.24 bits per heavy atom. The SMILES string of the molecule is Cc1ccc(C(=O)NC(=O)NC(=O)c2ccc(C)c(Nc3ccc(O)c4ccc(S(=O)(=O)O)cc34)c2)cc1Nc1ccc(O)c2ccc(S(=O)(=O)O)cc12. The van der Waals surface area contributed by atoms with Crippen molar-refractivity contribution < 1.29 is 50.5 Å². The molecule has 0 aliphatic heterocycles. The first kappa shape index (κ1) is 37.2. The molecule has 0 saturated carbocycles. The summed E-state index contributed by atoms with van der Waals surface area (Å²) in [6, 6.07) is 20.9. The molecule has 0 spiro atoms. The minimum Gasteiger partial charge on any atom is -0.507 e. The van der Waals surface area contributed by atoms with E-state index in [0.717, 1.165) is 12.1 Å². The highest BCUT2D eigenvalue weighted by Gasteiger charge is 2.19. The first-order valence-corrected chi connectivity index (χ1v) is 18.7. The van der Waals surface area contributed by atoms with Gasteiger partial charge in [-0.2, -0.15) is 16.8 Å². The van der Waals surface area contributed by atoms with Crippen molar-refractivity contribution in [2.24, 2.45) is 0 Å². The predicted octanol–water partition coefficient (Wildman–Crippen LogP) is 6.28. The van der Waals surface area contributed by atoms with Gasteiger partial charge in [0.05, 0.1) is 9.79 Å². The van der Waals surface area contributed by atoms with Crippen molar-refractivity contribution in [1.29, 1.82) is 0 Å². The molecule has 0 heterocycles. The van der Waals surface area contributed by atoms with E-state index < -0.39 is 47.9 Å². The summed E-state index contributed by atoms with van der Waals surface area (Å²) >= 11 is 0. The van der Waals surface area contributed by atoms with Crippen LogP contribution in [0.5, 0.6) is 11.5 Å². The minimum atomic E-state index is -4.55. The van der Waals surface area contributed by atoms with Gasteiger partial charge >= 0.3 is 6.03 Å². The van der Waals surface area contributed by atoms with Crippen LogP contribution in [-0.2, 0) is 20.2 Å². The number of phenolic OH excluding ortho intramolecular Hbond substituents is 2. The van der Waals surface area contributed by atoms with E-state index >= 15 is 0 Å². The van der Waals surface area contributed by atoms with Gasteiger partial charge in [0.15, 0.2) is 0 Å². The normalized spacial score (nSPS) is 11.6. The summed E-state index contributed by atoms with van der Waals surface area (Å²) in [5.74, 6) is -1.99. The van der Waals surface area contributed by atoms with Gasteiger partial charge in [0.1, 0.15) is 11.5 Å². The quantitative estimate of drug-likeness (QED) is 0.0628. The van der Waals surface area contributed by atoms with Gasteiger partial charge in [0.2, 0.25) is 0 Å². The molecule has 0 bridgehead atoms. The van der Waals surface area contributed by atoms with Gasteiger partial charge in [-0.15, -0.1) is 0 Å². The van der Waals surface area contributed by atoms with E-state index in [1.54, 1.807) is 26.0 Å². The van der Waals surface area contributed by atoms with Gasteiger partial charge in [0, 0.05) is 55.4 Å². The van der Waals surface area contributed by atoms with Crippen LogP contribution in [-0.4, -0.2) is 54.0 Å². The van der Waals surface area contributed by atoms with Crippen molar-refractivity contribution in [3.8, 4) is 11.5 Å². The molecule has 0 aromatic heterocycles. The van der Waals surface area contributed by atoms with Crippen LogP contribution < -0.4 is 21.3 Å². The summed E-state index contributed by atoms with van der Waals surface area (Å²) in [5, 5.41) is 32.1. The van der Waals surface area contributed by atoms with Crippen LogP contribution in [0.1, 0.15) is 31.8 Å². The third-order valence-corrected chi connectivity index (χ3v) is 10.2. The van der Waals surface area contributed by atoms with E-state index in [9.17, 15) is 50.5 Å². The number of carbonyl (C=O) groups excluding carboxylic acids is 3. The fourth-order valence-electron chi connectivity index (χ4n) is 5.63. The van der Waals surface area contributed by atoms with Gasteiger partial charge in [0.25, 0.3) is 32.1 Å². The Morgan fingerprint density at radius 1 is 0.481 bits per heavy atom. The molecule has 276 valence electrons. The Hall–Kier alpha value is -6.53. The van der Waals surface area contributed by atoms with E-state index in [4.69, 9.17) is 0 Å². The standard InChI is InChI=1S/C37H30N4O11S2/c1-19-3-5-21(15-31(19)38-29-11-13-33(42)25-9-7-23(17-27(25)29)53(47,48)49)35(44)40-37(46)41-36(45)22-6-4-20(2)32(16-22)39-30-12-14-34(43)26-10-8-24(18-28(26)30)54(50,51)52/h3-18,38-39,42-43H,1-2H3,(H,47,48,49)(H,50,51,52)(H2,40,41,44,45,46). The lowest BCUT2D eigenvalue weighted by atomic mass is 10.1. The average molecular weight is 771 g/mol. The number of imide groups is 2. The maximum absolute atomic E-state index is 13.1. The molecule has 6 aromatic rings. The van der Waals surface area contributed by atoms with Crippen LogP contribution in [0, 0.1) is 13.8 Å². The Morgan fingerprint density at radius 2 is 0.870 bits per heavy atom. The Kier molecular flexibility index (Phi) is 9.74. The smallest absolute Gasteiger partial charge is 0.328 e. The summed E-state index contributed by atoms with van der Waals surface area (Å²) < 4.78 is 66.1. The summed E-state index contributed by atoms with van der Waals surface area (Å²) in [4.78, 5) is 38.2. The highest BCUT2D eigenvalue weighted by Crippen LogP contribution is 2.36. The number of hydrogen-bond acceptors (Lipinski definition) is 11. The van der Waals surface area contributed by atoms with Gasteiger partial charge in [-0.05, 0) is 110 Å². The number of benzene rings is 6. The molecule has 54 heavy (non-hydrogen) atoms. The molecule has 17 heteroatoms. The highest BCUT2D eigenvalue weighted by atomic mass is 32.2. The lowest BCUT2D eigenvalue weighted by Crippen LogP contribution is -2.42. The Bertz CT molecular complexity index is 2600. The fourth-order valence-corrected chi connectivity index (χ4v) is 6.64. The molecular formula is C37H30N4O11S2. The van der Waals surface area contributed by atoms with Crippen molar-refractivity contribution in [2.75, 3.05) is 10.6 Å². The number of nitrogens with one attached hydrogen (secondary N) is 4. The average Bonchev–Trinajstić information content (AvgIpc) is 3.11. The Labute approximate surface area is 307 Å². The van der Waals surface area contributed by atoms with Crippen molar-refractivity contribution in [3.63, 3.8) is 0 Å². The molecule has 0 aliphatic rings. The first-order valence-electron chi connectivity index (χ1n) is 15.8. The number of rotatable bonds is 8. The van der Waals surface area contributed by atoms with Crippen LogP contribution >= 0.6 is 0 Å². The van der Waals surface area contributed by atoms with Crippen LogP contribution in [0.25, 0.3) is 21.5 Å². The second-order valence-corrected chi connectivity index (χ2v) is 15.0. The van der Waals surface area contributed by atoms with E-state index in [0.29, 0.717) is 44.6 Å². The zero-order valence-electron chi connectivity index (χ0n) is 28.2. The highest BCUT2D eigenvalue weighted by molar-refractivity contribution is 7.86. The number of amides is 4. The predicted molar refractivity (Wildman–Crippen MR) is 200 cm³/mol. The lowest BCUT2D eigenvalue weighted by Gasteiger charge is -2.15. The monoisotopic (exact) mass is 770 g/mol. The molecule has 8 N–H and O–H groups in total. The molecule has 0 atom stereocenters. The first-order chi connectivity index (χ1) is 25.4. The number of anilines is 4. The van der Waals surface area contributed by atoms with Crippen molar-refractivity contribution in [1.82, 2.24) is 10.6 Å². The number of aromatic hydroxyl groups is 2. The van der Waals surface area contributed by atoms with E-state index in [2.05, 4.69) is 21.3 Å². The van der Waals surface area contributed by atoms with Crippen molar-refractivity contribution in [2.45, 2.75) is 23.6 Å². The summed E-state index contributed by atoms with van der Waals surface area (Å²) in [7, 11) is -9.10. The largest absolute Gasteiger partial charge is 0.507 e. The van der Waals surface area contributed by atoms with E-state index in [1.807, 2.05) is 0 Å². The van der Waals surface area contributed by atoms with Crippen LogP contribution in [0.3, 0.4) is 0 Å². The zero-order chi connectivity index (χ0) is 39.1. The van der Waals surface area contributed by atoms with E-state index in [-0.39, 0.29) is 33.4 Å². The third kappa shape index (κ3) is 7.79. The number of fused-ring (bicyclic) bond motifs is 2. The number of phenols is 2. The minimum absolute atomic E-state index is 0.0208. The molecule has 4 amide bonds. The molecule has 0 aliphatic carbocycles. The molecule has 0 radical (unpaired) electrons. The molecule has 0 fully saturated rings. The second-order valence-electron chi connectivity index (χ2n) is 12.2. The fraction of sp³-hybridized carbons (Fsp3) is 0.0541. The Balaban J connectivity index is 1.18. The number of hydrogen-bond donors (Lipinski definition) is 8. The third-order valence-electron chi connectivity index (χ3n) is 8.52. The molecule has 15 nitrogen and oxygen atoms in total. The lowest BCUT2D eigenvalue weighted by molar-refractivity contribution is 0.0944. The molecular weight excluding hydrogens is 741 g/mol. The summed E-state index contributed by atoms with van der Waals surface area (Å²) in [5.41, 5.74) is 2.80. The van der Waals surface area contributed by atoms with Crippen molar-refractivity contribution in [3.05, 3.63) is 119 Å². The van der Waals surface area contributed by atoms with Gasteiger partial charge in [-0.1, -0.05) is 12.1 Å². The zero-order valence-corrected chi connectivity index (χ0v) is 29.8. The van der Waals surface area contributed by atoms with Crippen molar-refractivity contribution >= 4 is 82.4 Å². The van der Waals surface area contributed by atoms with Gasteiger partial charge in [-0.3, -0.25) is 29.3 Å². The second kappa shape index (κ2) is 14.1. The molecule has 0 saturated heterocycles. The topological polar surface area (TPSA) is 249 Å². The van der Waals surface area contributed by atoms with E-state index in [1.165, 1.54) is 72.8 Å². The summed E-state index contributed by atoms with van der Waals surface area (Å²) in [6.45, 7) is 3.46. The van der Waals surface area contributed by atoms with Crippen LogP contribution in [0.2, 0.25) is 0 Å². The molecule has 6 rings (SSSR count). The van der Waals surface area contributed by atoms with Gasteiger partial charge < -0.3 is 20.8 Å². The van der Waals surface area contributed by atoms with Crippen LogP contribution in [0.4, 0.5) is 27.5 Å². The molecule has 6 aromatic carbocycles. The van der Waals surface area contributed by atoms with Gasteiger partial charge in [-0.25, -0.2) is 4.79 Å². The van der Waals surface area contributed by atoms with Crippen LogP contribution in [0.15, 0.2) is 107 Å². The number of urea groups is 1. The number of aryl methyl sites for hydroxylation is 2. The number of carbonyl (C=O) groups is 3. The molecule has 0 unspecified atom stereocenters.